The van der Waals surface area contributed by atoms with Crippen molar-refractivity contribution in [3.8, 4) is 0 Å². The van der Waals surface area contributed by atoms with Gasteiger partial charge < -0.3 is 25.6 Å². The van der Waals surface area contributed by atoms with Gasteiger partial charge in [0.15, 0.2) is 0 Å². The first-order chi connectivity index (χ1) is 7.66. The van der Waals surface area contributed by atoms with Gasteiger partial charge in [-0.2, -0.15) is 0 Å². The van der Waals surface area contributed by atoms with Crippen molar-refractivity contribution >= 4 is 5.91 Å². The third-order valence-electron chi connectivity index (χ3n) is 3.00. The van der Waals surface area contributed by atoms with Crippen LogP contribution in [0.2, 0.25) is 0 Å². The summed E-state index contributed by atoms with van der Waals surface area (Å²) in [5, 5.41) is 24.6. The van der Waals surface area contributed by atoms with E-state index in [1.807, 2.05) is 0 Å². The molecule has 2 aliphatic rings. The van der Waals surface area contributed by atoms with Gasteiger partial charge in [-0.25, -0.2) is 0 Å². The molecular formula is C10H18N2O4. The minimum Gasteiger partial charge on any atom is -0.391 e. The zero-order chi connectivity index (χ0) is 11.5. The van der Waals surface area contributed by atoms with Crippen LogP contribution in [0, 0.1) is 0 Å². The molecule has 0 aromatic rings. The summed E-state index contributed by atoms with van der Waals surface area (Å²) in [7, 11) is 0. The van der Waals surface area contributed by atoms with Gasteiger partial charge in [0.25, 0.3) is 0 Å². The van der Waals surface area contributed by atoms with E-state index >= 15 is 0 Å². The van der Waals surface area contributed by atoms with Crippen LogP contribution in [-0.4, -0.2) is 60.2 Å². The van der Waals surface area contributed by atoms with Gasteiger partial charge in [-0.05, 0) is 19.4 Å². The van der Waals surface area contributed by atoms with Gasteiger partial charge in [-0.1, -0.05) is 0 Å². The molecule has 2 heterocycles. The van der Waals surface area contributed by atoms with Crippen LogP contribution in [-0.2, 0) is 9.53 Å². The molecule has 0 aliphatic carbocycles. The molecule has 0 saturated carbocycles. The number of rotatable bonds is 2. The van der Waals surface area contributed by atoms with Gasteiger partial charge >= 0.3 is 0 Å². The van der Waals surface area contributed by atoms with Gasteiger partial charge in [0.2, 0.25) is 5.91 Å². The number of nitrogens with one attached hydrogen (secondary N) is 2. The lowest BCUT2D eigenvalue weighted by atomic mass is 10.1. The van der Waals surface area contributed by atoms with Gasteiger partial charge in [0.05, 0.1) is 31.5 Å². The van der Waals surface area contributed by atoms with Crippen molar-refractivity contribution in [2.24, 2.45) is 0 Å². The topological polar surface area (TPSA) is 90.8 Å². The molecule has 16 heavy (non-hydrogen) atoms. The summed E-state index contributed by atoms with van der Waals surface area (Å²) >= 11 is 0. The van der Waals surface area contributed by atoms with E-state index in [1.165, 1.54) is 0 Å². The molecular weight excluding hydrogens is 212 g/mol. The fourth-order valence-corrected chi connectivity index (χ4v) is 2.16. The summed E-state index contributed by atoms with van der Waals surface area (Å²) in [5.41, 5.74) is 0. The van der Waals surface area contributed by atoms with E-state index in [9.17, 15) is 15.0 Å². The standard InChI is InChI=1S/C10H18N2O4/c13-7-3-6(4-16-5-7)12-10(15)9-8(14)1-2-11-9/h6-9,11,13-14H,1-5H2,(H,12,15)/t6?,7?,8?,9-/m0/s1. The number of amides is 1. The number of hydrogen-bond donors (Lipinski definition) is 4. The zero-order valence-electron chi connectivity index (χ0n) is 9.06. The Morgan fingerprint density at radius 3 is 2.81 bits per heavy atom. The smallest absolute Gasteiger partial charge is 0.240 e. The SMILES string of the molecule is O=C(NC1COCC(O)C1)[C@H]1NCCC1O. The molecule has 6 heteroatoms. The Morgan fingerprint density at radius 2 is 2.19 bits per heavy atom. The van der Waals surface area contributed by atoms with Crippen LogP contribution in [0.25, 0.3) is 0 Å². The highest BCUT2D eigenvalue weighted by Crippen LogP contribution is 2.10. The van der Waals surface area contributed by atoms with Crippen LogP contribution in [0.1, 0.15) is 12.8 Å². The second kappa shape index (κ2) is 5.09. The van der Waals surface area contributed by atoms with Gasteiger partial charge in [0.1, 0.15) is 6.04 Å². The summed E-state index contributed by atoms with van der Waals surface area (Å²) < 4.78 is 5.14. The molecule has 2 aliphatic heterocycles. The van der Waals surface area contributed by atoms with Gasteiger partial charge in [0, 0.05) is 0 Å². The van der Waals surface area contributed by atoms with E-state index < -0.39 is 18.2 Å². The van der Waals surface area contributed by atoms with Crippen molar-refractivity contribution in [1.82, 2.24) is 10.6 Å². The van der Waals surface area contributed by atoms with Gasteiger partial charge in [-0.3, -0.25) is 4.79 Å². The fourth-order valence-electron chi connectivity index (χ4n) is 2.16. The van der Waals surface area contributed by atoms with E-state index in [0.717, 1.165) is 0 Å². The minimum atomic E-state index is -0.616. The molecule has 2 fully saturated rings. The quantitative estimate of drug-likeness (QED) is 0.439. The fraction of sp³-hybridized carbons (Fsp3) is 0.900. The molecule has 0 bridgehead atoms. The monoisotopic (exact) mass is 230 g/mol. The van der Waals surface area contributed by atoms with Gasteiger partial charge in [-0.15, -0.1) is 0 Å². The number of aliphatic hydroxyl groups is 2. The average Bonchev–Trinajstić information content (AvgIpc) is 2.64. The predicted molar refractivity (Wildman–Crippen MR) is 55.8 cm³/mol. The predicted octanol–water partition coefficient (Wildman–Crippen LogP) is -2.02. The van der Waals surface area contributed by atoms with Crippen LogP contribution in [0.3, 0.4) is 0 Å². The highest BCUT2D eigenvalue weighted by atomic mass is 16.5. The van der Waals surface area contributed by atoms with Crippen molar-refractivity contribution in [3.63, 3.8) is 0 Å². The van der Waals surface area contributed by atoms with Crippen molar-refractivity contribution in [3.05, 3.63) is 0 Å². The number of carbonyl (C=O) groups excluding carboxylic acids is 1. The molecule has 2 saturated heterocycles. The molecule has 1 amide bonds. The molecule has 0 aromatic heterocycles. The maximum Gasteiger partial charge on any atom is 0.240 e. The number of hydrogen-bond acceptors (Lipinski definition) is 5. The summed E-state index contributed by atoms with van der Waals surface area (Å²) in [6.45, 7) is 1.41. The van der Waals surface area contributed by atoms with Crippen LogP contribution in [0.5, 0.6) is 0 Å². The molecule has 4 N–H and O–H groups in total. The molecule has 6 nitrogen and oxygen atoms in total. The third-order valence-corrected chi connectivity index (χ3v) is 3.00. The van der Waals surface area contributed by atoms with E-state index in [0.29, 0.717) is 32.6 Å². The second-order valence-electron chi connectivity index (χ2n) is 4.42. The van der Waals surface area contributed by atoms with Crippen LogP contribution < -0.4 is 10.6 Å². The molecule has 3 unspecified atom stereocenters. The van der Waals surface area contributed by atoms with Crippen LogP contribution in [0.4, 0.5) is 0 Å². The first kappa shape index (κ1) is 11.8. The van der Waals surface area contributed by atoms with Crippen molar-refractivity contribution in [1.29, 1.82) is 0 Å². The Balaban J connectivity index is 1.82. The Labute approximate surface area is 94.0 Å². The lowest BCUT2D eigenvalue weighted by Gasteiger charge is -2.28. The highest BCUT2D eigenvalue weighted by Gasteiger charge is 2.33. The summed E-state index contributed by atoms with van der Waals surface area (Å²) in [6.07, 6.45) is -0.0221. The second-order valence-corrected chi connectivity index (χ2v) is 4.42. The third kappa shape index (κ3) is 2.70. The highest BCUT2D eigenvalue weighted by molar-refractivity contribution is 5.83. The Bertz CT molecular complexity index is 261. The molecule has 0 spiro atoms. The molecule has 0 aromatic carbocycles. The van der Waals surface area contributed by atoms with Crippen molar-refractivity contribution in [2.75, 3.05) is 19.8 Å². The Morgan fingerprint density at radius 1 is 1.38 bits per heavy atom. The normalized spacial score (nSPS) is 39.6. The van der Waals surface area contributed by atoms with Crippen molar-refractivity contribution in [2.45, 2.75) is 37.1 Å². The lowest BCUT2D eigenvalue weighted by Crippen LogP contribution is -2.52. The maximum atomic E-state index is 11.8. The van der Waals surface area contributed by atoms with E-state index in [1.54, 1.807) is 0 Å². The van der Waals surface area contributed by atoms with E-state index in [-0.39, 0.29) is 11.9 Å². The van der Waals surface area contributed by atoms with Crippen molar-refractivity contribution < 1.29 is 19.7 Å². The number of ether oxygens (including phenoxy) is 1. The summed E-state index contributed by atoms with van der Waals surface area (Å²) in [5.74, 6) is -0.215. The first-order valence-electron chi connectivity index (χ1n) is 5.64. The number of aliphatic hydroxyl groups excluding tert-OH is 2. The van der Waals surface area contributed by atoms with Crippen LogP contribution in [0.15, 0.2) is 0 Å². The number of carbonyl (C=O) groups is 1. The van der Waals surface area contributed by atoms with E-state index in [2.05, 4.69) is 10.6 Å². The summed E-state index contributed by atoms with van der Waals surface area (Å²) in [4.78, 5) is 11.8. The Hall–Kier alpha value is -0.690. The molecule has 2 rings (SSSR count). The Kier molecular flexibility index (Phi) is 3.75. The molecule has 0 radical (unpaired) electrons. The molecule has 92 valence electrons. The first-order valence-corrected chi connectivity index (χ1v) is 5.64. The average molecular weight is 230 g/mol. The van der Waals surface area contributed by atoms with E-state index in [4.69, 9.17) is 4.74 Å². The van der Waals surface area contributed by atoms with Crippen LogP contribution >= 0.6 is 0 Å². The minimum absolute atomic E-state index is 0.161. The summed E-state index contributed by atoms with van der Waals surface area (Å²) in [6, 6.07) is -0.690. The maximum absolute atomic E-state index is 11.8. The largest absolute Gasteiger partial charge is 0.391 e. The molecule has 4 atom stereocenters. The lowest BCUT2D eigenvalue weighted by molar-refractivity contribution is -0.127. The zero-order valence-corrected chi connectivity index (χ0v) is 9.06.